The van der Waals surface area contributed by atoms with Crippen LogP contribution in [0.3, 0.4) is 0 Å². The van der Waals surface area contributed by atoms with Crippen molar-refractivity contribution in [2.24, 2.45) is 13.0 Å². The van der Waals surface area contributed by atoms with Crippen LogP contribution in [0.15, 0.2) is 43.0 Å². The zero-order valence-electron chi connectivity index (χ0n) is 23.6. The maximum Gasteiger partial charge on any atom is 0.416 e. The first-order chi connectivity index (χ1) is 19.7. The molecule has 228 valence electrons. The van der Waals surface area contributed by atoms with Crippen molar-refractivity contribution in [3.63, 3.8) is 0 Å². The lowest BCUT2D eigenvalue weighted by Crippen LogP contribution is -2.40. The Hall–Kier alpha value is -3.84. The van der Waals surface area contributed by atoms with Crippen molar-refractivity contribution < 1.29 is 35.9 Å². The first-order valence-electron chi connectivity index (χ1n) is 13.4. The van der Waals surface area contributed by atoms with E-state index in [1.807, 2.05) is 20.8 Å². The van der Waals surface area contributed by atoms with E-state index in [1.54, 1.807) is 33.9 Å². The third-order valence-electron chi connectivity index (χ3n) is 7.01. The molecule has 14 heteroatoms. The average molecular weight is 599 g/mol. The van der Waals surface area contributed by atoms with Gasteiger partial charge in [-0.05, 0) is 42.5 Å². The van der Waals surface area contributed by atoms with Gasteiger partial charge in [0.05, 0.1) is 30.0 Å². The minimum absolute atomic E-state index is 0.0994. The number of halogens is 6. The minimum Gasteiger partial charge on any atom is -0.449 e. The van der Waals surface area contributed by atoms with Crippen LogP contribution >= 0.6 is 0 Å². The van der Waals surface area contributed by atoms with Crippen molar-refractivity contribution >= 4 is 12.0 Å². The second-order valence-corrected chi connectivity index (χ2v) is 10.8. The molecule has 1 fully saturated rings. The molecule has 3 aromatic rings. The number of rotatable bonds is 8. The standard InChI is InChI=1S/C28H32F6N6O2/c1-5-23-9-24(15-40(23)26(41)42-16-17(2)3)39(25-35-10-19(11-36-25)20-12-37-38(4)14-20)13-18-6-21(27(29,30)31)8-22(7-18)28(32,33)34/h6-8,10-12,14,17,23-24H,5,9,13,15-16H2,1-4H3. The van der Waals surface area contributed by atoms with Gasteiger partial charge >= 0.3 is 18.4 Å². The molecule has 2 unspecified atom stereocenters. The summed E-state index contributed by atoms with van der Waals surface area (Å²) in [6.45, 7) is 5.68. The van der Waals surface area contributed by atoms with Crippen LogP contribution in [0.5, 0.6) is 0 Å². The number of aromatic nitrogens is 4. The van der Waals surface area contributed by atoms with Crippen molar-refractivity contribution in [3.05, 3.63) is 59.7 Å². The lowest BCUT2D eigenvalue weighted by Gasteiger charge is -2.30. The minimum atomic E-state index is -4.99. The molecule has 1 saturated heterocycles. The molecule has 0 aliphatic carbocycles. The van der Waals surface area contributed by atoms with E-state index < -0.39 is 35.6 Å². The number of carbonyl (C=O) groups is 1. The Bertz CT molecular complexity index is 1340. The van der Waals surface area contributed by atoms with Crippen LogP contribution < -0.4 is 4.90 Å². The Labute approximate surface area is 239 Å². The van der Waals surface area contributed by atoms with E-state index in [0.717, 1.165) is 5.56 Å². The predicted molar refractivity (Wildman–Crippen MR) is 142 cm³/mol. The zero-order valence-corrected chi connectivity index (χ0v) is 23.6. The van der Waals surface area contributed by atoms with Gasteiger partial charge in [-0.25, -0.2) is 14.8 Å². The fourth-order valence-electron chi connectivity index (χ4n) is 4.91. The summed E-state index contributed by atoms with van der Waals surface area (Å²) in [5, 5.41) is 4.11. The molecule has 1 aliphatic rings. The summed E-state index contributed by atoms with van der Waals surface area (Å²) >= 11 is 0. The average Bonchev–Trinajstić information content (AvgIpc) is 3.56. The molecule has 42 heavy (non-hydrogen) atoms. The number of ether oxygens (including phenoxy) is 1. The highest BCUT2D eigenvalue weighted by Crippen LogP contribution is 2.37. The normalized spacial score (nSPS) is 17.6. The highest BCUT2D eigenvalue weighted by Gasteiger charge is 2.40. The maximum absolute atomic E-state index is 13.6. The Balaban J connectivity index is 1.72. The molecule has 1 amide bonds. The smallest absolute Gasteiger partial charge is 0.416 e. The quantitative estimate of drug-likeness (QED) is 0.273. The Morgan fingerprint density at radius 1 is 1.02 bits per heavy atom. The number of carbonyl (C=O) groups excluding carboxylic acids is 1. The summed E-state index contributed by atoms with van der Waals surface area (Å²) < 4.78 is 88.6. The Morgan fingerprint density at radius 2 is 1.64 bits per heavy atom. The third-order valence-corrected chi connectivity index (χ3v) is 7.01. The second-order valence-electron chi connectivity index (χ2n) is 10.8. The van der Waals surface area contributed by atoms with Gasteiger partial charge in [-0.2, -0.15) is 31.4 Å². The van der Waals surface area contributed by atoms with Crippen LogP contribution in [-0.4, -0.2) is 56.0 Å². The van der Waals surface area contributed by atoms with Gasteiger partial charge < -0.3 is 14.5 Å². The number of hydrogen-bond donors (Lipinski definition) is 0. The monoisotopic (exact) mass is 598 g/mol. The molecule has 4 rings (SSSR count). The summed E-state index contributed by atoms with van der Waals surface area (Å²) in [5.74, 6) is 0.213. The predicted octanol–water partition coefficient (Wildman–Crippen LogP) is 6.57. The van der Waals surface area contributed by atoms with Crippen LogP contribution in [0.25, 0.3) is 11.1 Å². The van der Waals surface area contributed by atoms with Gasteiger partial charge in [0, 0.05) is 55.9 Å². The number of hydrogen-bond acceptors (Lipinski definition) is 6. The van der Waals surface area contributed by atoms with E-state index in [1.165, 1.54) is 12.4 Å². The number of alkyl halides is 6. The van der Waals surface area contributed by atoms with Crippen molar-refractivity contribution in [2.45, 2.75) is 64.6 Å². The molecule has 1 aliphatic heterocycles. The molecule has 0 bridgehead atoms. The van der Waals surface area contributed by atoms with E-state index in [-0.39, 0.29) is 49.2 Å². The molecule has 0 saturated carbocycles. The number of nitrogens with zero attached hydrogens (tertiary/aromatic N) is 6. The van der Waals surface area contributed by atoms with Crippen LogP contribution in [0.4, 0.5) is 37.1 Å². The summed E-state index contributed by atoms with van der Waals surface area (Å²) in [6, 6.07) is 0.747. The maximum atomic E-state index is 13.6. The SMILES string of the molecule is CCC1CC(N(Cc2cc(C(F)(F)F)cc(C(F)(F)F)c2)c2ncc(-c3cnn(C)c3)cn2)CN1C(=O)OCC(C)C. The highest BCUT2D eigenvalue weighted by molar-refractivity contribution is 5.69. The number of amides is 1. The first-order valence-corrected chi connectivity index (χ1v) is 13.4. The topological polar surface area (TPSA) is 76.4 Å². The third kappa shape index (κ3) is 7.32. The summed E-state index contributed by atoms with van der Waals surface area (Å²) in [5.41, 5.74) is -1.67. The van der Waals surface area contributed by atoms with Crippen LogP contribution in [0.2, 0.25) is 0 Å². The van der Waals surface area contributed by atoms with Gasteiger partial charge in [0.15, 0.2) is 0 Å². The van der Waals surface area contributed by atoms with Gasteiger partial charge in [0.25, 0.3) is 0 Å². The fourth-order valence-corrected chi connectivity index (χ4v) is 4.91. The van der Waals surface area contributed by atoms with E-state index in [4.69, 9.17) is 4.74 Å². The molecule has 8 nitrogen and oxygen atoms in total. The lowest BCUT2D eigenvalue weighted by molar-refractivity contribution is -0.143. The summed E-state index contributed by atoms with van der Waals surface area (Å²) in [4.78, 5) is 24.9. The van der Waals surface area contributed by atoms with Gasteiger partial charge in [0.2, 0.25) is 5.95 Å². The summed E-state index contributed by atoms with van der Waals surface area (Å²) in [7, 11) is 1.74. The van der Waals surface area contributed by atoms with Crippen LogP contribution in [0, 0.1) is 5.92 Å². The highest BCUT2D eigenvalue weighted by atomic mass is 19.4. The molecule has 0 N–H and O–H groups in total. The van der Waals surface area contributed by atoms with Crippen LogP contribution in [0.1, 0.15) is 50.3 Å². The number of aryl methyl sites for hydroxylation is 1. The summed E-state index contributed by atoms with van der Waals surface area (Å²) in [6.07, 6.45) is -3.14. The molecular weight excluding hydrogens is 566 g/mol. The van der Waals surface area contributed by atoms with Crippen molar-refractivity contribution in [1.82, 2.24) is 24.6 Å². The molecule has 0 radical (unpaired) electrons. The Morgan fingerprint density at radius 3 is 2.14 bits per heavy atom. The van der Waals surface area contributed by atoms with Gasteiger partial charge in [-0.3, -0.25) is 4.68 Å². The van der Waals surface area contributed by atoms with Crippen molar-refractivity contribution in [2.75, 3.05) is 18.1 Å². The molecule has 3 heterocycles. The van der Waals surface area contributed by atoms with E-state index >= 15 is 0 Å². The zero-order chi connectivity index (χ0) is 30.8. The van der Waals surface area contributed by atoms with Gasteiger partial charge in [0.1, 0.15) is 0 Å². The number of benzene rings is 1. The molecule has 0 spiro atoms. The van der Waals surface area contributed by atoms with Gasteiger partial charge in [-0.1, -0.05) is 20.8 Å². The van der Waals surface area contributed by atoms with Crippen molar-refractivity contribution in [1.29, 1.82) is 0 Å². The second kappa shape index (κ2) is 12.2. The molecule has 2 atom stereocenters. The molecule has 1 aromatic carbocycles. The largest absolute Gasteiger partial charge is 0.449 e. The fraction of sp³-hybridized carbons (Fsp3) is 0.500. The van der Waals surface area contributed by atoms with E-state index in [0.29, 0.717) is 30.5 Å². The lowest BCUT2D eigenvalue weighted by atomic mass is 10.0. The van der Waals surface area contributed by atoms with Crippen molar-refractivity contribution in [3.8, 4) is 11.1 Å². The van der Waals surface area contributed by atoms with Gasteiger partial charge in [-0.15, -0.1) is 0 Å². The molecular formula is C28H32F6N6O2. The number of likely N-dealkylation sites (tertiary alicyclic amines) is 1. The van der Waals surface area contributed by atoms with E-state index in [2.05, 4.69) is 15.1 Å². The number of anilines is 1. The first kappa shape index (κ1) is 31.1. The van der Waals surface area contributed by atoms with E-state index in [9.17, 15) is 31.1 Å². The Kier molecular flexibility index (Phi) is 9.02. The molecule has 2 aromatic heterocycles. The van der Waals surface area contributed by atoms with Crippen LogP contribution in [-0.2, 0) is 30.7 Å².